The zero-order valence-corrected chi connectivity index (χ0v) is 16.7. The molecule has 0 fully saturated rings. The summed E-state index contributed by atoms with van der Waals surface area (Å²) in [6, 6.07) is 12.4. The number of benzene rings is 2. The minimum atomic E-state index is -0.302. The van der Waals surface area contributed by atoms with E-state index in [4.69, 9.17) is 27.9 Å². The molecular formula is C17H13Cl2N3O2S2. The van der Waals surface area contributed by atoms with E-state index in [1.807, 2.05) is 0 Å². The maximum absolute atomic E-state index is 12.4. The smallest absolute Gasteiger partial charge is 0.261 e. The summed E-state index contributed by atoms with van der Waals surface area (Å²) in [7, 11) is 1.52. The van der Waals surface area contributed by atoms with E-state index in [-0.39, 0.29) is 5.91 Å². The first-order valence-corrected chi connectivity index (χ1v) is 9.98. The molecule has 0 saturated heterocycles. The average Bonchev–Trinajstić information content (AvgIpc) is 3.08. The van der Waals surface area contributed by atoms with E-state index in [9.17, 15) is 4.79 Å². The molecule has 0 aliphatic carbocycles. The van der Waals surface area contributed by atoms with Gasteiger partial charge in [0.15, 0.2) is 4.34 Å². The van der Waals surface area contributed by atoms with Gasteiger partial charge in [-0.3, -0.25) is 10.1 Å². The van der Waals surface area contributed by atoms with Crippen molar-refractivity contribution in [1.29, 1.82) is 0 Å². The second kappa shape index (κ2) is 8.73. The first kappa shape index (κ1) is 19.0. The number of hydrogen-bond donors (Lipinski definition) is 1. The van der Waals surface area contributed by atoms with E-state index in [2.05, 4.69) is 15.5 Å². The van der Waals surface area contributed by atoms with E-state index >= 15 is 0 Å². The van der Waals surface area contributed by atoms with Crippen molar-refractivity contribution in [3.63, 3.8) is 0 Å². The fourth-order valence-corrected chi connectivity index (χ4v) is 4.61. The molecule has 3 aromatic rings. The van der Waals surface area contributed by atoms with Gasteiger partial charge in [-0.25, -0.2) is 0 Å². The van der Waals surface area contributed by atoms with Gasteiger partial charge in [-0.15, -0.1) is 10.2 Å². The van der Waals surface area contributed by atoms with Crippen LogP contribution >= 0.6 is 46.3 Å². The Bertz CT molecular complexity index is 914. The average molecular weight is 426 g/mol. The van der Waals surface area contributed by atoms with Gasteiger partial charge >= 0.3 is 0 Å². The third-order valence-corrected chi connectivity index (χ3v) is 6.09. The third kappa shape index (κ3) is 4.48. The Morgan fingerprint density at radius 3 is 2.62 bits per heavy atom. The molecule has 0 aliphatic rings. The van der Waals surface area contributed by atoms with Crippen LogP contribution < -0.4 is 10.1 Å². The molecule has 134 valence electrons. The van der Waals surface area contributed by atoms with Gasteiger partial charge in [-0.05, 0) is 29.8 Å². The maximum Gasteiger partial charge on any atom is 0.261 e. The number of ether oxygens (including phenoxy) is 1. The zero-order valence-electron chi connectivity index (χ0n) is 13.5. The number of rotatable bonds is 6. The van der Waals surface area contributed by atoms with E-state index in [0.29, 0.717) is 36.6 Å². The van der Waals surface area contributed by atoms with Gasteiger partial charge in [0.05, 0.1) is 12.7 Å². The number of thioether (sulfide) groups is 1. The fraction of sp³-hybridized carbons (Fsp3) is 0.118. The SMILES string of the molecule is COc1ccccc1C(=O)Nc1nnc(SCc2c(Cl)cccc2Cl)s1. The molecule has 9 heteroatoms. The molecular weight excluding hydrogens is 413 g/mol. The minimum Gasteiger partial charge on any atom is -0.496 e. The quantitative estimate of drug-likeness (QED) is 0.423. The van der Waals surface area contributed by atoms with Gasteiger partial charge in [-0.2, -0.15) is 0 Å². The monoisotopic (exact) mass is 425 g/mol. The van der Waals surface area contributed by atoms with Crippen LogP contribution in [-0.4, -0.2) is 23.2 Å². The minimum absolute atomic E-state index is 0.302. The lowest BCUT2D eigenvalue weighted by Gasteiger charge is -2.06. The highest BCUT2D eigenvalue weighted by Crippen LogP contribution is 2.33. The molecule has 1 amide bonds. The number of halogens is 2. The zero-order chi connectivity index (χ0) is 18.5. The second-order valence-corrected chi connectivity index (χ2v) is 8.03. The van der Waals surface area contributed by atoms with Crippen molar-refractivity contribution in [2.45, 2.75) is 10.1 Å². The molecule has 1 aromatic heterocycles. The van der Waals surface area contributed by atoms with Crippen molar-refractivity contribution in [2.75, 3.05) is 12.4 Å². The molecule has 0 radical (unpaired) electrons. The summed E-state index contributed by atoms with van der Waals surface area (Å²) in [5.41, 5.74) is 1.28. The van der Waals surface area contributed by atoms with Crippen LogP contribution in [0.3, 0.4) is 0 Å². The Balaban J connectivity index is 1.66. The number of hydrogen-bond acceptors (Lipinski definition) is 6. The Labute approximate surface area is 168 Å². The molecule has 0 unspecified atom stereocenters. The van der Waals surface area contributed by atoms with Gasteiger partial charge in [-0.1, -0.05) is 64.5 Å². The molecule has 26 heavy (non-hydrogen) atoms. The lowest BCUT2D eigenvalue weighted by atomic mass is 10.2. The van der Waals surface area contributed by atoms with E-state index in [1.54, 1.807) is 42.5 Å². The van der Waals surface area contributed by atoms with Gasteiger partial charge in [0.25, 0.3) is 5.91 Å². The van der Waals surface area contributed by atoms with Crippen molar-refractivity contribution < 1.29 is 9.53 Å². The molecule has 1 heterocycles. The Hall–Kier alpha value is -1.80. The van der Waals surface area contributed by atoms with E-state index < -0.39 is 0 Å². The maximum atomic E-state index is 12.4. The Kier molecular flexibility index (Phi) is 6.37. The van der Waals surface area contributed by atoms with Crippen LogP contribution in [0.5, 0.6) is 5.75 Å². The highest BCUT2D eigenvalue weighted by Gasteiger charge is 2.15. The Morgan fingerprint density at radius 2 is 1.88 bits per heavy atom. The molecule has 0 saturated carbocycles. The standard InChI is InChI=1S/C17H13Cl2N3O2S2/c1-24-14-8-3-2-5-10(14)15(23)20-16-21-22-17(26-16)25-9-11-12(18)6-4-7-13(11)19/h2-8H,9H2,1H3,(H,20,21,23). The van der Waals surface area contributed by atoms with Crippen LogP contribution in [-0.2, 0) is 5.75 Å². The normalized spacial score (nSPS) is 10.6. The first-order chi connectivity index (χ1) is 12.6. The first-order valence-electron chi connectivity index (χ1n) is 7.42. The number of nitrogens with one attached hydrogen (secondary N) is 1. The largest absolute Gasteiger partial charge is 0.496 e. The summed E-state index contributed by atoms with van der Waals surface area (Å²) >= 11 is 15.1. The van der Waals surface area contributed by atoms with Crippen molar-refractivity contribution in [1.82, 2.24) is 10.2 Å². The van der Waals surface area contributed by atoms with E-state index in [0.717, 1.165) is 5.56 Å². The Morgan fingerprint density at radius 1 is 1.15 bits per heavy atom. The van der Waals surface area contributed by atoms with Crippen molar-refractivity contribution in [3.05, 3.63) is 63.6 Å². The fourth-order valence-electron chi connectivity index (χ4n) is 2.12. The molecule has 0 bridgehead atoms. The molecule has 1 N–H and O–H groups in total. The number of para-hydroxylation sites is 1. The van der Waals surface area contributed by atoms with Crippen molar-refractivity contribution in [2.24, 2.45) is 0 Å². The van der Waals surface area contributed by atoms with Crippen LogP contribution in [0.4, 0.5) is 5.13 Å². The molecule has 3 rings (SSSR count). The van der Waals surface area contributed by atoms with Crippen LogP contribution in [0.25, 0.3) is 0 Å². The summed E-state index contributed by atoms with van der Waals surface area (Å²) < 4.78 is 5.90. The number of carbonyl (C=O) groups excluding carboxylic acids is 1. The molecule has 0 spiro atoms. The lowest BCUT2D eigenvalue weighted by molar-refractivity contribution is 0.102. The van der Waals surface area contributed by atoms with Gasteiger partial charge < -0.3 is 4.74 Å². The summed E-state index contributed by atoms with van der Waals surface area (Å²) in [6.45, 7) is 0. The van der Waals surface area contributed by atoms with Gasteiger partial charge in [0, 0.05) is 15.8 Å². The number of aromatic nitrogens is 2. The number of methoxy groups -OCH3 is 1. The van der Waals surface area contributed by atoms with Crippen molar-refractivity contribution >= 4 is 57.3 Å². The van der Waals surface area contributed by atoms with E-state index in [1.165, 1.54) is 30.2 Å². The predicted molar refractivity (Wildman–Crippen MR) is 107 cm³/mol. The lowest BCUT2D eigenvalue weighted by Crippen LogP contribution is -2.12. The van der Waals surface area contributed by atoms with Crippen LogP contribution in [0.2, 0.25) is 10.0 Å². The summed E-state index contributed by atoms with van der Waals surface area (Å²) in [6.07, 6.45) is 0. The van der Waals surface area contributed by atoms with Gasteiger partial charge in [0.1, 0.15) is 5.75 Å². The summed E-state index contributed by atoms with van der Waals surface area (Å²) in [4.78, 5) is 12.4. The molecule has 0 aliphatic heterocycles. The summed E-state index contributed by atoms with van der Waals surface area (Å²) in [5.74, 6) is 0.759. The number of anilines is 1. The second-order valence-electron chi connectivity index (χ2n) is 5.02. The van der Waals surface area contributed by atoms with Gasteiger partial charge in [0.2, 0.25) is 5.13 Å². The van der Waals surface area contributed by atoms with Crippen LogP contribution in [0.15, 0.2) is 46.8 Å². The number of carbonyl (C=O) groups is 1. The predicted octanol–water partition coefficient (Wildman–Crippen LogP) is 5.40. The highest BCUT2D eigenvalue weighted by molar-refractivity contribution is 8.00. The molecule has 5 nitrogen and oxygen atoms in total. The topological polar surface area (TPSA) is 64.1 Å². The van der Waals surface area contributed by atoms with Crippen LogP contribution in [0.1, 0.15) is 15.9 Å². The van der Waals surface area contributed by atoms with Crippen molar-refractivity contribution in [3.8, 4) is 5.75 Å². The third-order valence-electron chi connectivity index (χ3n) is 3.38. The molecule has 0 atom stereocenters. The number of nitrogens with zero attached hydrogens (tertiary/aromatic N) is 2. The number of amides is 1. The van der Waals surface area contributed by atoms with Crippen LogP contribution in [0, 0.1) is 0 Å². The molecule has 2 aromatic carbocycles. The highest BCUT2D eigenvalue weighted by atomic mass is 35.5. The summed E-state index contributed by atoms with van der Waals surface area (Å²) in [5, 5.41) is 12.4.